The van der Waals surface area contributed by atoms with Crippen LogP contribution >= 0.6 is 0 Å². The molecule has 58 heavy (non-hydrogen) atoms. The Morgan fingerprint density at radius 3 is 1.67 bits per heavy atom. The first-order valence-corrected chi connectivity index (χ1v) is 18.2. The summed E-state index contributed by atoms with van der Waals surface area (Å²) in [7, 11) is 1.53. The molecular formula is C39H48N6O13. The molecule has 0 spiro atoms. The van der Waals surface area contributed by atoms with E-state index >= 15 is 0 Å². The highest BCUT2D eigenvalue weighted by atomic mass is 16.6. The Labute approximate surface area is 333 Å². The van der Waals surface area contributed by atoms with Crippen LogP contribution in [0.3, 0.4) is 0 Å². The number of hydrogen-bond donors (Lipinski definition) is 6. The van der Waals surface area contributed by atoms with Gasteiger partial charge in [0.25, 0.3) is 0 Å². The molecule has 8 atom stereocenters. The van der Waals surface area contributed by atoms with E-state index in [2.05, 4.69) is 32.4 Å². The Morgan fingerprint density at radius 2 is 1.28 bits per heavy atom. The number of benzene rings is 1. The van der Waals surface area contributed by atoms with Crippen molar-refractivity contribution in [2.24, 2.45) is 11.8 Å². The molecule has 2 fully saturated rings. The molecule has 312 valence electrons. The lowest BCUT2D eigenvalue weighted by atomic mass is 9.96. The van der Waals surface area contributed by atoms with Crippen molar-refractivity contribution in [2.75, 3.05) is 17.7 Å². The highest BCUT2D eigenvalue weighted by molar-refractivity contribution is 5.85. The lowest BCUT2D eigenvalue weighted by Crippen LogP contribution is -2.36. The van der Waals surface area contributed by atoms with Crippen LogP contribution in [0.1, 0.15) is 70.7 Å². The van der Waals surface area contributed by atoms with Gasteiger partial charge >= 0.3 is 23.6 Å². The Morgan fingerprint density at radius 1 is 0.810 bits per heavy atom. The predicted octanol–water partition coefficient (Wildman–Crippen LogP) is 1.71. The number of nitrogens with zero attached hydrogens (tertiary/aromatic N) is 4. The maximum Gasteiger partial charge on any atom is 0.413 e. The number of ether oxygens (including phenoxy) is 5. The third-order valence-electron chi connectivity index (χ3n) is 9.22. The molecule has 5 rings (SSSR count). The number of terminal acetylenes is 2. The predicted molar refractivity (Wildman–Crippen MR) is 206 cm³/mol. The molecule has 2 aliphatic rings. The number of rotatable bonds is 10. The van der Waals surface area contributed by atoms with E-state index < -0.39 is 72.6 Å². The first-order valence-electron chi connectivity index (χ1n) is 18.2. The molecule has 1 aromatic carbocycles. The summed E-state index contributed by atoms with van der Waals surface area (Å²) in [5.41, 5.74) is -0.763. The van der Waals surface area contributed by atoms with Crippen molar-refractivity contribution < 1.29 is 53.7 Å². The summed E-state index contributed by atoms with van der Waals surface area (Å²) in [5.74, 6) is 5.18. The van der Waals surface area contributed by atoms with Gasteiger partial charge in [0.05, 0.1) is 30.4 Å². The van der Waals surface area contributed by atoms with Gasteiger partial charge in [-0.15, -0.1) is 12.8 Å². The number of nitrogens with one attached hydrogen (secondary N) is 2. The van der Waals surface area contributed by atoms with E-state index in [0.29, 0.717) is 11.3 Å². The van der Waals surface area contributed by atoms with Gasteiger partial charge in [0.2, 0.25) is 0 Å². The number of carbonyl (C=O) groups excluding carboxylic acids is 2. The summed E-state index contributed by atoms with van der Waals surface area (Å²) < 4.78 is 28.5. The van der Waals surface area contributed by atoms with Gasteiger partial charge in [-0.3, -0.25) is 19.8 Å². The van der Waals surface area contributed by atoms with Crippen LogP contribution in [0.25, 0.3) is 0 Å². The summed E-state index contributed by atoms with van der Waals surface area (Å²) in [6.45, 7) is 10.8. The zero-order valence-electron chi connectivity index (χ0n) is 32.9. The van der Waals surface area contributed by atoms with Gasteiger partial charge < -0.3 is 44.1 Å². The fourth-order valence-corrected chi connectivity index (χ4v) is 6.15. The van der Waals surface area contributed by atoms with Crippen molar-refractivity contribution in [1.82, 2.24) is 19.1 Å². The van der Waals surface area contributed by atoms with E-state index in [-0.39, 0.29) is 47.3 Å². The fourth-order valence-electron chi connectivity index (χ4n) is 6.15. The van der Waals surface area contributed by atoms with Crippen LogP contribution in [-0.4, -0.2) is 102 Å². The third kappa shape index (κ3) is 10.6. The van der Waals surface area contributed by atoms with Crippen molar-refractivity contribution in [1.29, 1.82) is 0 Å². The fraction of sp³-hybridized carbons (Fsp3) is 0.487. The molecule has 0 radical (unpaired) electrons. The third-order valence-corrected chi connectivity index (χ3v) is 9.22. The topological polar surface area (TPSA) is 255 Å². The molecule has 19 nitrogen and oxygen atoms in total. The Balaban J connectivity index is 0.000000257. The van der Waals surface area contributed by atoms with Gasteiger partial charge in [0.15, 0.2) is 24.1 Å². The molecule has 6 N–H and O–H groups in total. The summed E-state index contributed by atoms with van der Waals surface area (Å²) >= 11 is 0. The lowest BCUT2D eigenvalue weighted by molar-refractivity contribution is -0.0350. The molecule has 2 amide bonds. The Bertz CT molecular complexity index is 2130. The molecule has 2 aromatic heterocycles. The number of anilines is 2. The first kappa shape index (κ1) is 44.9. The lowest BCUT2D eigenvalue weighted by Gasteiger charge is -2.25. The molecule has 0 unspecified atom stereocenters. The van der Waals surface area contributed by atoms with Crippen molar-refractivity contribution in [2.45, 2.75) is 103 Å². The van der Waals surface area contributed by atoms with Crippen LogP contribution in [0.15, 0.2) is 46.2 Å². The largest absolute Gasteiger partial charge is 0.497 e. The summed E-state index contributed by atoms with van der Waals surface area (Å²) in [6.07, 6.45) is 2.84. The number of carbonyl (C=O) groups is 2. The van der Waals surface area contributed by atoms with Crippen molar-refractivity contribution >= 4 is 23.8 Å². The van der Waals surface area contributed by atoms with E-state index in [1.54, 1.807) is 38.1 Å². The van der Waals surface area contributed by atoms with Crippen LogP contribution in [-0.2, 0) is 25.6 Å². The van der Waals surface area contributed by atoms with Gasteiger partial charge in [-0.05, 0) is 43.4 Å². The van der Waals surface area contributed by atoms with E-state index in [0.717, 1.165) is 9.13 Å². The highest BCUT2D eigenvalue weighted by Gasteiger charge is 2.43. The number of hydrogen-bond acceptors (Lipinski definition) is 15. The molecule has 2 aliphatic heterocycles. The number of methoxy groups -OCH3 is 1. The maximum absolute atomic E-state index is 12.4. The number of aliphatic hydroxyl groups is 4. The van der Waals surface area contributed by atoms with Crippen LogP contribution < -0.4 is 26.7 Å². The van der Waals surface area contributed by atoms with Crippen LogP contribution in [0.5, 0.6) is 5.75 Å². The number of amides is 2. The van der Waals surface area contributed by atoms with E-state index in [9.17, 15) is 39.6 Å². The van der Waals surface area contributed by atoms with Crippen LogP contribution in [0, 0.1) is 36.5 Å². The number of aromatic nitrogens is 4. The summed E-state index contributed by atoms with van der Waals surface area (Å²) in [5, 5.41) is 44.6. The quantitative estimate of drug-likeness (QED) is 0.160. The van der Waals surface area contributed by atoms with E-state index in [4.69, 9.17) is 36.5 Å². The standard InChI is InChI=1S/C20H21N3O7.C19H27N3O6/c1-4-13-9-23(18-16(25)15(24)11(2)30-18)19(26)21-17(13)22-20(27)29-10-12-6-5-7-14(8-12)28-3;1-7-12-8-22(17-14(24)13(23)11(6)27-17)18(25)20-16(12)21-19(26)28-15(9(2)3)10(4)5/h1,5-9,11,15-16,18,24-25H,10H2,2-3H3,(H,21,22,26,27);1,8-11,13-15,17,23-24H,2-6H3,(H,20,21,25,26)/t11-,15-,16-,18-;11-,13-,14-,17-/m11/s1. The van der Waals surface area contributed by atoms with Gasteiger partial charge in [-0.25, -0.2) is 19.2 Å². The second kappa shape index (κ2) is 19.6. The van der Waals surface area contributed by atoms with E-state index in [1.807, 2.05) is 27.7 Å². The minimum atomic E-state index is -1.34. The van der Waals surface area contributed by atoms with Gasteiger partial charge in [-0.1, -0.05) is 51.7 Å². The van der Waals surface area contributed by atoms with Crippen LogP contribution in [0.4, 0.5) is 21.2 Å². The Hall–Kier alpha value is -5.80. The van der Waals surface area contributed by atoms with Gasteiger partial charge in [0.1, 0.15) is 42.9 Å². The SMILES string of the molecule is C#Cc1cn([C@@H]2O[C@H](C)[C@@H](O)[C@H]2O)c(=O)nc1NC(=O)OC(C(C)C)C(C)C.C#Cc1cn([C@@H]2O[C@H](C)[C@@H](O)[C@H]2O)c(=O)nc1NC(=O)OCc1cccc(OC)c1. The zero-order valence-corrected chi connectivity index (χ0v) is 32.9. The average molecular weight is 809 g/mol. The first-order chi connectivity index (χ1) is 27.4. The molecule has 2 saturated heterocycles. The normalized spacial score (nSPS) is 23.7. The zero-order chi connectivity index (χ0) is 43.0. The molecule has 4 heterocycles. The minimum Gasteiger partial charge on any atom is -0.497 e. The van der Waals surface area contributed by atoms with Crippen molar-refractivity contribution in [3.05, 3.63) is 74.3 Å². The maximum atomic E-state index is 12.4. The second-order valence-electron chi connectivity index (χ2n) is 14.1. The molecule has 0 saturated carbocycles. The molecule has 0 aliphatic carbocycles. The van der Waals surface area contributed by atoms with Gasteiger partial charge in [0, 0.05) is 12.4 Å². The molecular weight excluding hydrogens is 760 g/mol. The van der Waals surface area contributed by atoms with E-state index in [1.165, 1.54) is 19.5 Å². The molecule has 19 heteroatoms. The number of aliphatic hydroxyl groups excluding tert-OH is 4. The summed E-state index contributed by atoms with van der Waals surface area (Å²) in [4.78, 5) is 56.7. The Kier molecular flexibility index (Phi) is 15.2. The minimum absolute atomic E-state index is 0.0383. The second-order valence-corrected chi connectivity index (χ2v) is 14.1. The molecule has 3 aromatic rings. The van der Waals surface area contributed by atoms with Crippen molar-refractivity contribution in [3.8, 4) is 30.4 Å². The van der Waals surface area contributed by atoms with Gasteiger partial charge in [-0.2, -0.15) is 9.97 Å². The summed E-state index contributed by atoms with van der Waals surface area (Å²) in [6, 6.07) is 6.98. The molecule has 0 bridgehead atoms. The average Bonchev–Trinajstić information content (AvgIpc) is 3.59. The van der Waals surface area contributed by atoms with Crippen LogP contribution in [0.2, 0.25) is 0 Å². The van der Waals surface area contributed by atoms with Crippen molar-refractivity contribution in [3.63, 3.8) is 0 Å². The smallest absolute Gasteiger partial charge is 0.413 e. The highest BCUT2D eigenvalue weighted by Crippen LogP contribution is 2.30. The monoisotopic (exact) mass is 808 g/mol.